The molecular weight excluding hydrogens is 527 g/mol. The summed E-state index contributed by atoms with van der Waals surface area (Å²) in [6.45, 7) is 2.74. The van der Waals surface area contributed by atoms with E-state index in [0.717, 1.165) is 28.9 Å². The zero-order chi connectivity index (χ0) is 26.6. The van der Waals surface area contributed by atoms with Crippen LogP contribution in [0.1, 0.15) is 30.0 Å². The maximum absolute atomic E-state index is 13.7. The molecule has 2 amide bonds. The molecule has 8 heteroatoms. The Balaban J connectivity index is 1.84. The van der Waals surface area contributed by atoms with Crippen LogP contribution < -0.4 is 10.1 Å². The number of hydrogen-bond acceptors (Lipinski definition) is 4. The summed E-state index contributed by atoms with van der Waals surface area (Å²) in [5.41, 5.74) is 2.80. The molecule has 0 fully saturated rings. The van der Waals surface area contributed by atoms with Gasteiger partial charge in [0.25, 0.3) is 0 Å². The van der Waals surface area contributed by atoms with Gasteiger partial charge in [-0.2, -0.15) is 0 Å². The Morgan fingerprint density at radius 1 is 1.00 bits per heavy atom. The molecule has 0 heterocycles. The summed E-state index contributed by atoms with van der Waals surface area (Å²) in [6.07, 6.45) is 1.20. The van der Waals surface area contributed by atoms with E-state index >= 15 is 0 Å². The third-order valence-electron chi connectivity index (χ3n) is 5.83. The normalized spacial score (nSPS) is 11.6. The van der Waals surface area contributed by atoms with Crippen LogP contribution in [0.2, 0.25) is 10.0 Å². The quantitative estimate of drug-likeness (QED) is 0.263. The van der Waals surface area contributed by atoms with Gasteiger partial charge in [0, 0.05) is 35.3 Å². The summed E-state index contributed by atoms with van der Waals surface area (Å²) in [6, 6.07) is 22.0. The van der Waals surface area contributed by atoms with E-state index in [4.69, 9.17) is 27.9 Å². The summed E-state index contributed by atoms with van der Waals surface area (Å²) < 4.78 is 5.22. The number of thioether (sulfide) groups is 1. The number of halogens is 2. The van der Waals surface area contributed by atoms with Crippen LogP contribution in [0.15, 0.2) is 72.8 Å². The Labute approximate surface area is 233 Å². The molecule has 0 aromatic heterocycles. The fraction of sp³-hybridized carbons (Fsp3) is 0.310. The molecule has 0 aliphatic rings. The summed E-state index contributed by atoms with van der Waals surface area (Å²) >= 11 is 14.1. The van der Waals surface area contributed by atoms with Crippen LogP contribution in [0.25, 0.3) is 0 Å². The van der Waals surface area contributed by atoms with E-state index in [1.54, 1.807) is 30.2 Å². The van der Waals surface area contributed by atoms with Crippen molar-refractivity contribution in [2.45, 2.75) is 38.1 Å². The minimum Gasteiger partial charge on any atom is -0.497 e. The number of benzene rings is 3. The first kappa shape index (κ1) is 28.9. The fourth-order valence-corrected chi connectivity index (χ4v) is 5.15. The van der Waals surface area contributed by atoms with Gasteiger partial charge in [-0.05, 0) is 47.4 Å². The van der Waals surface area contributed by atoms with Crippen molar-refractivity contribution in [2.24, 2.45) is 0 Å². The molecule has 5 nitrogen and oxygen atoms in total. The first-order chi connectivity index (χ1) is 17.9. The Morgan fingerprint density at radius 2 is 1.73 bits per heavy atom. The van der Waals surface area contributed by atoms with E-state index in [0.29, 0.717) is 28.8 Å². The molecule has 37 heavy (non-hydrogen) atoms. The van der Waals surface area contributed by atoms with Crippen LogP contribution in [0, 0.1) is 0 Å². The van der Waals surface area contributed by atoms with Gasteiger partial charge in [0.05, 0.1) is 12.9 Å². The number of ether oxygens (including phenoxy) is 1. The second-order valence-electron chi connectivity index (χ2n) is 8.59. The monoisotopic (exact) mass is 558 g/mol. The minimum atomic E-state index is -0.685. The van der Waals surface area contributed by atoms with Crippen molar-refractivity contribution in [3.8, 4) is 5.75 Å². The molecule has 0 saturated heterocycles. The van der Waals surface area contributed by atoms with Crippen molar-refractivity contribution in [1.82, 2.24) is 10.2 Å². The Morgan fingerprint density at radius 3 is 2.38 bits per heavy atom. The lowest BCUT2D eigenvalue weighted by atomic mass is 10.0. The summed E-state index contributed by atoms with van der Waals surface area (Å²) in [5, 5.41) is 3.96. The van der Waals surface area contributed by atoms with E-state index in [9.17, 15) is 9.59 Å². The molecule has 1 atom stereocenters. The van der Waals surface area contributed by atoms with Gasteiger partial charge in [-0.1, -0.05) is 78.7 Å². The average molecular weight is 560 g/mol. The molecule has 0 saturated carbocycles. The lowest BCUT2D eigenvalue weighted by Crippen LogP contribution is -2.51. The first-order valence-corrected chi connectivity index (χ1v) is 14.1. The van der Waals surface area contributed by atoms with Crippen LogP contribution in [0.5, 0.6) is 5.75 Å². The van der Waals surface area contributed by atoms with Crippen molar-refractivity contribution >= 4 is 46.8 Å². The van der Waals surface area contributed by atoms with Crippen LogP contribution >= 0.6 is 35.0 Å². The van der Waals surface area contributed by atoms with Crippen molar-refractivity contribution in [1.29, 1.82) is 0 Å². The Hall–Kier alpha value is -2.67. The maximum atomic E-state index is 13.7. The molecule has 1 N–H and O–H groups in total. The van der Waals surface area contributed by atoms with Crippen molar-refractivity contribution in [2.75, 3.05) is 19.4 Å². The van der Waals surface area contributed by atoms with Crippen molar-refractivity contribution < 1.29 is 14.3 Å². The number of methoxy groups -OCH3 is 1. The number of carbonyl (C=O) groups excluding carboxylic acids is 2. The van der Waals surface area contributed by atoms with Crippen LogP contribution in [-0.2, 0) is 28.3 Å². The molecule has 0 radical (unpaired) electrons. The SMILES string of the molecule is CCCNC(=O)[C@@H](Cc1ccccc1)N(Cc1ccc(Cl)cc1Cl)C(=O)CSCc1ccc(OC)cc1. The molecule has 3 aromatic rings. The van der Waals surface area contributed by atoms with Crippen molar-refractivity contribution in [3.05, 3.63) is 99.5 Å². The Kier molecular flexibility index (Phi) is 11.6. The molecule has 196 valence electrons. The number of hydrogen-bond donors (Lipinski definition) is 1. The van der Waals surface area contributed by atoms with Crippen LogP contribution in [0.3, 0.4) is 0 Å². The lowest BCUT2D eigenvalue weighted by Gasteiger charge is -2.32. The zero-order valence-electron chi connectivity index (χ0n) is 21.1. The predicted octanol–water partition coefficient (Wildman–Crippen LogP) is 6.40. The highest BCUT2D eigenvalue weighted by Gasteiger charge is 2.30. The van der Waals surface area contributed by atoms with Gasteiger partial charge in [-0.3, -0.25) is 9.59 Å². The molecule has 0 spiro atoms. The number of rotatable bonds is 13. The summed E-state index contributed by atoms with van der Waals surface area (Å²) in [7, 11) is 1.63. The minimum absolute atomic E-state index is 0.128. The second-order valence-corrected chi connectivity index (χ2v) is 10.4. The van der Waals surface area contributed by atoms with Gasteiger partial charge in [-0.25, -0.2) is 0 Å². The summed E-state index contributed by atoms with van der Waals surface area (Å²) in [5.74, 6) is 1.37. The predicted molar refractivity (Wildman–Crippen MR) is 153 cm³/mol. The van der Waals surface area contributed by atoms with Crippen LogP contribution in [0.4, 0.5) is 0 Å². The highest BCUT2D eigenvalue weighted by Crippen LogP contribution is 2.25. The van der Waals surface area contributed by atoms with E-state index in [1.807, 2.05) is 61.5 Å². The van der Waals surface area contributed by atoms with Crippen molar-refractivity contribution in [3.63, 3.8) is 0 Å². The molecule has 0 aliphatic carbocycles. The molecule has 3 rings (SSSR count). The van der Waals surface area contributed by atoms with Gasteiger partial charge >= 0.3 is 0 Å². The van der Waals surface area contributed by atoms with Gasteiger partial charge in [-0.15, -0.1) is 11.8 Å². The number of carbonyl (C=O) groups is 2. The largest absolute Gasteiger partial charge is 0.497 e. The molecule has 0 bridgehead atoms. The Bertz CT molecular complexity index is 1160. The van der Waals surface area contributed by atoms with Gasteiger partial charge in [0.1, 0.15) is 11.8 Å². The summed E-state index contributed by atoms with van der Waals surface area (Å²) in [4.78, 5) is 28.7. The highest BCUT2D eigenvalue weighted by atomic mass is 35.5. The maximum Gasteiger partial charge on any atom is 0.243 e. The topological polar surface area (TPSA) is 58.6 Å². The van der Waals surface area contributed by atoms with Crippen LogP contribution in [-0.4, -0.2) is 42.2 Å². The first-order valence-electron chi connectivity index (χ1n) is 12.2. The number of amides is 2. The molecule has 0 unspecified atom stereocenters. The average Bonchev–Trinajstić information content (AvgIpc) is 2.91. The number of nitrogens with one attached hydrogen (secondary N) is 1. The zero-order valence-corrected chi connectivity index (χ0v) is 23.4. The standard InChI is InChI=1S/C29H32Cl2N2O3S/c1-3-15-32-29(35)27(16-21-7-5-4-6-8-21)33(18-23-11-12-24(30)17-26(23)31)28(34)20-37-19-22-9-13-25(36-2)14-10-22/h4-14,17,27H,3,15-16,18-20H2,1-2H3,(H,32,35)/t27-/m1/s1. The molecule has 3 aromatic carbocycles. The molecule has 0 aliphatic heterocycles. The van der Waals surface area contributed by atoms with E-state index in [-0.39, 0.29) is 24.1 Å². The van der Waals surface area contributed by atoms with Gasteiger partial charge in [0.2, 0.25) is 11.8 Å². The smallest absolute Gasteiger partial charge is 0.243 e. The lowest BCUT2D eigenvalue weighted by molar-refractivity contribution is -0.139. The second kappa shape index (κ2) is 14.9. The molecular formula is C29H32Cl2N2O3S. The van der Waals surface area contributed by atoms with Gasteiger partial charge < -0.3 is 15.0 Å². The van der Waals surface area contributed by atoms with E-state index in [2.05, 4.69) is 5.32 Å². The number of nitrogens with zero attached hydrogens (tertiary/aromatic N) is 1. The fourth-order valence-electron chi connectivity index (χ4n) is 3.81. The van der Waals surface area contributed by atoms with E-state index in [1.165, 1.54) is 11.8 Å². The third kappa shape index (κ3) is 8.99. The highest BCUT2D eigenvalue weighted by molar-refractivity contribution is 7.99. The van der Waals surface area contributed by atoms with E-state index < -0.39 is 6.04 Å². The van der Waals surface area contributed by atoms with Gasteiger partial charge in [0.15, 0.2) is 0 Å². The third-order valence-corrected chi connectivity index (χ3v) is 7.40.